The first kappa shape index (κ1) is 22.7. The molecular weight excluding hydrogens is 471 g/mol. The van der Waals surface area contributed by atoms with Gasteiger partial charge in [-0.25, -0.2) is 9.37 Å². The highest BCUT2D eigenvalue weighted by Crippen LogP contribution is 2.25. The Balaban J connectivity index is 1.29. The van der Waals surface area contributed by atoms with Crippen LogP contribution < -0.4 is 15.8 Å². The molecule has 1 aliphatic heterocycles. The normalized spacial score (nSPS) is 14.6. The summed E-state index contributed by atoms with van der Waals surface area (Å²) in [6.45, 7) is 2.26. The minimum atomic E-state index is -0.307. The molecule has 1 saturated heterocycles. The van der Waals surface area contributed by atoms with E-state index in [0.717, 1.165) is 12.0 Å². The third kappa shape index (κ3) is 4.90. The number of anilines is 1. The molecule has 0 aliphatic carbocycles. The summed E-state index contributed by atoms with van der Waals surface area (Å²) in [6.07, 6.45) is 2.26. The average Bonchev–Trinajstić information content (AvgIpc) is 3.54. The van der Waals surface area contributed by atoms with E-state index in [-0.39, 0.29) is 23.2 Å². The lowest BCUT2D eigenvalue weighted by molar-refractivity contribution is -0.125. The van der Waals surface area contributed by atoms with Crippen LogP contribution >= 0.6 is 22.7 Å². The van der Waals surface area contributed by atoms with Gasteiger partial charge < -0.3 is 10.2 Å². The Morgan fingerprint density at radius 1 is 1.09 bits per heavy atom. The van der Waals surface area contributed by atoms with Crippen LogP contribution in [0.2, 0.25) is 0 Å². The molecule has 9 heteroatoms. The fourth-order valence-electron chi connectivity index (χ4n) is 4.34. The fraction of sp³-hybridized carbons (Fsp3) is 0.320. The number of fused-ring (bicyclic) bond motifs is 1. The highest BCUT2D eigenvalue weighted by molar-refractivity contribution is 7.17. The maximum absolute atomic E-state index is 13.4. The summed E-state index contributed by atoms with van der Waals surface area (Å²) in [4.78, 5) is 34.1. The van der Waals surface area contributed by atoms with Crippen molar-refractivity contribution in [3.8, 4) is 0 Å². The molecule has 1 fully saturated rings. The zero-order chi connectivity index (χ0) is 23.5. The number of hydrogen-bond acceptors (Lipinski definition) is 6. The Bertz CT molecular complexity index is 1320. The van der Waals surface area contributed by atoms with Gasteiger partial charge in [0.05, 0.1) is 12.1 Å². The van der Waals surface area contributed by atoms with Crippen molar-refractivity contribution in [3.63, 3.8) is 0 Å². The quantitative estimate of drug-likeness (QED) is 0.415. The van der Waals surface area contributed by atoms with Crippen molar-refractivity contribution in [1.29, 1.82) is 0 Å². The smallest absolute Gasteiger partial charge is 0.273 e. The molecule has 0 atom stereocenters. The summed E-state index contributed by atoms with van der Waals surface area (Å²) in [5, 5.41) is 6.99. The molecule has 1 aromatic carbocycles. The van der Waals surface area contributed by atoms with Crippen LogP contribution in [0.4, 0.5) is 10.3 Å². The predicted octanol–water partition coefficient (Wildman–Crippen LogP) is 4.28. The Labute approximate surface area is 204 Å². The Hall–Kier alpha value is -3.04. The van der Waals surface area contributed by atoms with E-state index in [4.69, 9.17) is 4.98 Å². The van der Waals surface area contributed by atoms with Gasteiger partial charge in [-0.1, -0.05) is 18.2 Å². The van der Waals surface area contributed by atoms with Crippen LogP contribution in [0.5, 0.6) is 0 Å². The molecule has 1 N–H and O–H groups in total. The lowest BCUT2D eigenvalue weighted by atomic mass is 9.96. The van der Waals surface area contributed by atoms with E-state index in [1.54, 1.807) is 28.0 Å². The molecule has 1 aliphatic rings. The molecule has 4 heterocycles. The molecule has 0 spiro atoms. The second-order valence-electron chi connectivity index (χ2n) is 8.45. The Morgan fingerprint density at radius 3 is 2.62 bits per heavy atom. The molecule has 34 heavy (non-hydrogen) atoms. The van der Waals surface area contributed by atoms with E-state index in [0.29, 0.717) is 55.2 Å². The number of piperidine rings is 1. The van der Waals surface area contributed by atoms with Crippen molar-refractivity contribution in [2.24, 2.45) is 5.92 Å². The van der Waals surface area contributed by atoms with Crippen molar-refractivity contribution in [2.45, 2.75) is 25.8 Å². The van der Waals surface area contributed by atoms with Gasteiger partial charge in [0, 0.05) is 30.4 Å². The number of aromatic nitrogens is 2. The number of benzene rings is 1. The highest BCUT2D eigenvalue weighted by atomic mass is 32.1. The maximum atomic E-state index is 13.4. The van der Waals surface area contributed by atoms with Crippen LogP contribution in [-0.2, 0) is 17.8 Å². The fourth-order valence-corrected chi connectivity index (χ4v) is 5.83. The molecule has 5 rings (SSSR count). The van der Waals surface area contributed by atoms with Crippen molar-refractivity contribution < 1.29 is 9.18 Å². The summed E-state index contributed by atoms with van der Waals surface area (Å²) in [6, 6.07) is 12.2. The molecular formula is C25H25FN4O2S2. The molecule has 1 amide bonds. The predicted molar refractivity (Wildman–Crippen MR) is 135 cm³/mol. The SMILES string of the molecule is O=C(NCCc1cccs1)C1CCN(c2nc3ccsc3c(=O)n2Cc2ccc(F)cc2)CC1. The summed E-state index contributed by atoms with van der Waals surface area (Å²) in [7, 11) is 0. The van der Waals surface area contributed by atoms with E-state index in [2.05, 4.69) is 16.3 Å². The van der Waals surface area contributed by atoms with Gasteiger partial charge in [-0.05, 0) is 59.9 Å². The van der Waals surface area contributed by atoms with Crippen molar-refractivity contribution in [2.75, 3.05) is 24.5 Å². The summed E-state index contributed by atoms with van der Waals surface area (Å²) in [5.74, 6) is 0.360. The zero-order valence-electron chi connectivity index (χ0n) is 18.6. The number of nitrogens with zero attached hydrogens (tertiary/aromatic N) is 3. The molecule has 0 bridgehead atoms. The molecule has 0 unspecified atom stereocenters. The highest BCUT2D eigenvalue weighted by Gasteiger charge is 2.27. The zero-order valence-corrected chi connectivity index (χ0v) is 20.2. The summed E-state index contributed by atoms with van der Waals surface area (Å²) < 4.78 is 15.7. The van der Waals surface area contributed by atoms with E-state index >= 15 is 0 Å². The number of carbonyl (C=O) groups excluding carboxylic acids is 1. The van der Waals surface area contributed by atoms with Crippen molar-refractivity contribution in [1.82, 2.24) is 14.9 Å². The van der Waals surface area contributed by atoms with Gasteiger partial charge in [0.1, 0.15) is 10.5 Å². The van der Waals surface area contributed by atoms with Gasteiger partial charge in [0.25, 0.3) is 5.56 Å². The van der Waals surface area contributed by atoms with Crippen molar-refractivity contribution >= 4 is 44.7 Å². The van der Waals surface area contributed by atoms with E-state index in [9.17, 15) is 14.0 Å². The minimum Gasteiger partial charge on any atom is -0.355 e. The first-order chi connectivity index (χ1) is 16.6. The van der Waals surface area contributed by atoms with Crippen LogP contribution in [0.25, 0.3) is 10.2 Å². The number of amides is 1. The Morgan fingerprint density at radius 2 is 1.88 bits per heavy atom. The third-order valence-electron chi connectivity index (χ3n) is 6.20. The van der Waals surface area contributed by atoms with Gasteiger partial charge in [0.2, 0.25) is 11.9 Å². The summed E-state index contributed by atoms with van der Waals surface area (Å²) in [5.41, 5.74) is 1.43. The van der Waals surface area contributed by atoms with Gasteiger partial charge in [-0.2, -0.15) is 0 Å². The van der Waals surface area contributed by atoms with Gasteiger partial charge in [-0.15, -0.1) is 22.7 Å². The number of thiophene rings is 2. The summed E-state index contributed by atoms with van der Waals surface area (Å²) >= 11 is 3.08. The first-order valence-corrected chi connectivity index (χ1v) is 13.1. The first-order valence-electron chi connectivity index (χ1n) is 11.4. The van der Waals surface area contributed by atoms with E-state index in [1.165, 1.54) is 28.3 Å². The second-order valence-corrected chi connectivity index (χ2v) is 10.4. The molecule has 6 nitrogen and oxygen atoms in total. The third-order valence-corrected chi connectivity index (χ3v) is 8.03. The van der Waals surface area contributed by atoms with Crippen LogP contribution in [0, 0.1) is 11.7 Å². The van der Waals surface area contributed by atoms with Gasteiger partial charge >= 0.3 is 0 Å². The Kier molecular flexibility index (Phi) is 6.73. The van der Waals surface area contributed by atoms with E-state index in [1.807, 2.05) is 22.9 Å². The number of halogens is 1. The number of nitrogens with one attached hydrogen (secondary N) is 1. The number of hydrogen-bond donors (Lipinski definition) is 1. The average molecular weight is 497 g/mol. The van der Waals surface area contributed by atoms with Crippen LogP contribution in [0.1, 0.15) is 23.3 Å². The number of rotatable bonds is 7. The molecule has 0 saturated carbocycles. The molecule has 4 aromatic rings. The van der Waals surface area contributed by atoms with Crippen LogP contribution in [0.3, 0.4) is 0 Å². The second kappa shape index (κ2) is 10.1. The van der Waals surface area contributed by atoms with Crippen molar-refractivity contribution in [3.05, 3.63) is 79.8 Å². The number of carbonyl (C=O) groups is 1. The monoisotopic (exact) mass is 496 g/mol. The topological polar surface area (TPSA) is 67.2 Å². The standard InChI is InChI=1S/C25H25FN4O2S2/c26-19-5-3-17(4-6-19)16-30-24(32)22-21(10-15-34-22)28-25(30)29-12-8-18(9-13-29)23(31)27-11-7-20-2-1-14-33-20/h1-6,10,14-15,18H,7-9,11-13,16H2,(H,27,31). The molecule has 0 radical (unpaired) electrons. The maximum Gasteiger partial charge on any atom is 0.273 e. The molecule has 176 valence electrons. The lowest BCUT2D eigenvalue weighted by Gasteiger charge is -2.33. The minimum absolute atomic E-state index is 0.0401. The van der Waals surface area contributed by atoms with Crippen LogP contribution in [0.15, 0.2) is 58.0 Å². The molecule has 3 aromatic heterocycles. The van der Waals surface area contributed by atoms with Gasteiger partial charge in [0.15, 0.2) is 0 Å². The van der Waals surface area contributed by atoms with E-state index < -0.39 is 0 Å². The van der Waals surface area contributed by atoms with Gasteiger partial charge in [-0.3, -0.25) is 14.2 Å². The lowest BCUT2D eigenvalue weighted by Crippen LogP contribution is -2.43. The van der Waals surface area contributed by atoms with Crippen LogP contribution in [-0.4, -0.2) is 35.1 Å². The largest absolute Gasteiger partial charge is 0.355 e.